The van der Waals surface area contributed by atoms with Crippen LogP contribution in [0.3, 0.4) is 0 Å². The van der Waals surface area contributed by atoms with E-state index in [0.29, 0.717) is 0 Å². The molecule has 0 saturated heterocycles. The Bertz CT molecular complexity index is 1030. The number of pyridine rings is 2. The third-order valence-corrected chi connectivity index (χ3v) is 4.57. The van der Waals surface area contributed by atoms with Crippen LogP contribution in [0.15, 0.2) is 36.5 Å². The second-order valence-electron chi connectivity index (χ2n) is 6.84. The average molecular weight is 336 g/mol. The first-order chi connectivity index (χ1) is 12.0. The molecule has 25 heavy (non-hydrogen) atoms. The van der Waals surface area contributed by atoms with Crippen LogP contribution in [0.5, 0.6) is 0 Å². The lowest BCUT2D eigenvalue weighted by molar-refractivity contribution is 0.387. The normalized spacial score (nSPS) is 12.0. The highest BCUT2D eigenvalue weighted by Gasteiger charge is 2.18. The van der Waals surface area contributed by atoms with E-state index < -0.39 is 0 Å². The average Bonchev–Trinajstić information content (AvgIpc) is 2.92. The smallest absolute Gasteiger partial charge is 0.142 e. The van der Waals surface area contributed by atoms with E-state index in [4.69, 9.17) is 9.97 Å². The van der Waals surface area contributed by atoms with Gasteiger partial charge in [0.2, 0.25) is 0 Å². The van der Waals surface area contributed by atoms with Gasteiger partial charge in [-0.25, -0.2) is 14.4 Å². The topological polar surface area (TPSA) is 34.0 Å². The fourth-order valence-corrected chi connectivity index (χ4v) is 3.36. The maximum Gasteiger partial charge on any atom is 0.142 e. The van der Waals surface area contributed by atoms with Crippen molar-refractivity contribution in [1.29, 1.82) is 0 Å². The van der Waals surface area contributed by atoms with E-state index in [1.165, 1.54) is 6.07 Å². The molecule has 1 aromatic carbocycles. The van der Waals surface area contributed by atoms with E-state index in [-0.39, 0.29) is 5.82 Å². The summed E-state index contributed by atoms with van der Waals surface area (Å²) in [7, 11) is 4.15. The quantitative estimate of drug-likeness (QED) is 0.563. The number of fused-ring (bicyclic) bond motifs is 5. The summed E-state index contributed by atoms with van der Waals surface area (Å²) in [5.74, 6) is -0.233. The molecule has 0 radical (unpaired) electrons. The summed E-state index contributed by atoms with van der Waals surface area (Å²) < 4.78 is 15.9. The van der Waals surface area contributed by atoms with Crippen molar-refractivity contribution in [1.82, 2.24) is 19.4 Å². The molecule has 2 aromatic rings. The minimum atomic E-state index is -0.233. The summed E-state index contributed by atoms with van der Waals surface area (Å²) >= 11 is 0. The van der Waals surface area contributed by atoms with Crippen molar-refractivity contribution in [2.24, 2.45) is 0 Å². The van der Waals surface area contributed by atoms with E-state index in [1.807, 2.05) is 13.0 Å². The predicted octanol–water partition coefficient (Wildman–Crippen LogP) is 4.09. The van der Waals surface area contributed by atoms with Crippen molar-refractivity contribution in [3.63, 3.8) is 0 Å². The van der Waals surface area contributed by atoms with Gasteiger partial charge in [-0.05, 0) is 64.3 Å². The van der Waals surface area contributed by atoms with E-state index in [0.717, 1.165) is 58.4 Å². The van der Waals surface area contributed by atoms with Gasteiger partial charge in [0.15, 0.2) is 0 Å². The Balaban J connectivity index is 1.96. The molecule has 4 rings (SSSR count). The first kappa shape index (κ1) is 16.0. The lowest BCUT2D eigenvalue weighted by Crippen LogP contribution is -2.15. The van der Waals surface area contributed by atoms with Crippen molar-refractivity contribution < 1.29 is 4.39 Å². The van der Waals surface area contributed by atoms with Gasteiger partial charge >= 0.3 is 0 Å². The van der Waals surface area contributed by atoms with Crippen molar-refractivity contribution in [3.8, 4) is 11.3 Å². The molecule has 0 spiro atoms. The molecule has 5 heteroatoms. The summed E-state index contributed by atoms with van der Waals surface area (Å²) in [4.78, 5) is 11.7. The third-order valence-electron chi connectivity index (χ3n) is 4.57. The fourth-order valence-electron chi connectivity index (χ4n) is 3.36. The van der Waals surface area contributed by atoms with Crippen LogP contribution >= 0.6 is 0 Å². The van der Waals surface area contributed by atoms with Gasteiger partial charge in [-0.3, -0.25) is 0 Å². The van der Waals surface area contributed by atoms with Crippen LogP contribution in [-0.4, -0.2) is 40.1 Å². The van der Waals surface area contributed by atoms with Crippen LogP contribution in [0.2, 0.25) is 0 Å². The standard InChI is InChI=1S/C20H21FN4/c1-13-5-7-15-19-17(16-11-14(21)6-8-18(16)23-19)12-25(20(15)22-13)10-4-9-24(2)3/h5-8,11-12H,4,9-10H2,1-3H3. The highest BCUT2D eigenvalue weighted by atomic mass is 19.1. The van der Waals surface area contributed by atoms with Gasteiger partial charge < -0.3 is 9.47 Å². The zero-order valence-corrected chi connectivity index (χ0v) is 14.8. The van der Waals surface area contributed by atoms with Gasteiger partial charge in [0.1, 0.15) is 11.5 Å². The molecule has 1 aromatic heterocycles. The molecule has 0 saturated carbocycles. The zero-order chi connectivity index (χ0) is 17.6. The summed E-state index contributed by atoms with van der Waals surface area (Å²) in [6.45, 7) is 3.87. The van der Waals surface area contributed by atoms with Crippen molar-refractivity contribution in [3.05, 3.63) is 48.0 Å². The number of halogens is 1. The van der Waals surface area contributed by atoms with Crippen molar-refractivity contribution in [2.45, 2.75) is 19.9 Å². The SMILES string of the molecule is Cc1ccc2c3nc4ccc(F)cc4c-3cn(CCCN(C)C)c2n1. The molecule has 128 valence electrons. The van der Waals surface area contributed by atoms with Crippen LogP contribution in [-0.2, 0) is 6.54 Å². The number of hydrogen-bond acceptors (Lipinski definition) is 3. The Hall–Kier alpha value is -2.53. The first-order valence-corrected chi connectivity index (χ1v) is 8.53. The number of rotatable bonds is 4. The monoisotopic (exact) mass is 336 g/mol. The summed E-state index contributed by atoms with van der Waals surface area (Å²) in [6, 6.07) is 8.86. The molecule has 0 unspecified atom stereocenters. The number of hydrogen-bond donors (Lipinski definition) is 0. The van der Waals surface area contributed by atoms with Gasteiger partial charge in [-0.15, -0.1) is 0 Å². The zero-order valence-electron chi connectivity index (χ0n) is 14.8. The predicted molar refractivity (Wildman–Crippen MR) is 99.5 cm³/mol. The maximum atomic E-state index is 13.7. The molecule has 0 aliphatic carbocycles. The molecule has 0 atom stereocenters. The summed E-state index contributed by atoms with van der Waals surface area (Å²) in [5, 5.41) is 1.88. The lowest BCUT2D eigenvalue weighted by atomic mass is 10.1. The molecular formula is C20H21FN4. The number of nitrogens with zero attached hydrogens (tertiary/aromatic N) is 4. The van der Waals surface area contributed by atoms with Crippen LogP contribution in [0.1, 0.15) is 12.1 Å². The number of aryl methyl sites for hydroxylation is 2. The summed E-state index contributed by atoms with van der Waals surface area (Å²) in [5.41, 5.74) is 4.62. The van der Waals surface area contributed by atoms with Gasteiger partial charge in [0, 0.05) is 34.8 Å². The van der Waals surface area contributed by atoms with Gasteiger partial charge in [0.25, 0.3) is 0 Å². The minimum Gasteiger partial charge on any atom is -0.332 e. The van der Waals surface area contributed by atoms with Crippen LogP contribution in [0, 0.1) is 12.7 Å². The third kappa shape index (κ3) is 2.85. The number of aromatic nitrogens is 3. The molecule has 2 aliphatic rings. The molecule has 4 nitrogen and oxygen atoms in total. The highest BCUT2D eigenvalue weighted by Crippen LogP contribution is 2.36. The number of benzene rings is 1. The van der Waals surface area contributed by atoms with Gasteiger partial charge in [-0.1, -0.05) is 0 Å². The van der Waals surface area contributed by atoms with Crippen molar-refractivity contribution >= 4 is 21.9 Å². The highest BCUT2D eigenvalue weighted by molar-refractivity contribution is 6.05. The molecule has 0 amide bonds. The Labute approximate surface area is 146 Å². The minimum absolute atomic E-state index is 0.233. The fraction of sp³-hybridized carbons (Fsp3) is 0.300. The van der Waals surface area contributed by atoms with Crippen LogP contribution in [0.4, 0.5) is 4.39 Å². The van der Waals surface area contributed by atoms with Gasteiger partial charge in [-0.2, -0.15) is 0 Å². The molecule has 0 bridgehead atoms. The Kier molecular flexibility index (Phi) is 3.88. The summed E-state index contributed by atoms with van der Waals surface area (Å²) in [6.07, 6.45) is 3.10. The lowest BCUT2D eigenvalue weighted by Gasteiger charge is -2.16. The Morgan fingerprint density at radius 2 is 1.92 bits per heavy atom. The van der Waals surface area contributed by atoms with Crippen molar-refractivity contribution in [2.75, 3.05) is 20.6 Å². The Morgan fingerprint density at radius 1 is 1.08 bits per heavy atom. The molecule has 0 N–H and O–H groups in total. The van der Waals surface area contributed by atoms with E-state index >= 15 is 0 Å². The molecular weight excluding hydrogens is 315 g/mol. The van der Waals surface area contributed by atoms with E-state index in [2.05, 4.69) is 35.8 Å². The molecule has 0 fully saturated rings. The second kappa shape index (κ2) is 6.08. The molecule has 3 heterocycles. The second-order valence-corrected chi connectivity index (χ2v) is 6.84. The van der Waals surface area contributed by atoms with Crippen LogP contribution < -0.4 is 0 Å². The van der Waals surface area contributed by atoms with E-state index in [1.54, 1.807) is 12.1 Å². The Morgan fingerprint density at radius 3 is 2.72 bits per heavy atom. The largest absolute Gasteiger partial charge is 0.332 e. The first-order valence-electron chi connectivity index (χ1n) is 8.53. The van der Waals surface area contributed by atoms with Gasteiger partial charge in [0.05, 0.1) is 11.2 Å². The van der Waals surface area contributed by atoms with E-state index in [9.17, 15) is 4.39 Å². The molecule has 2 aliphatic heterocycles. The maximum absolute atomic E-state index is 13.7. The van der Waals surface area contributed by atoms with Crippen LogP contribution in [0.25, 0.3) is 33.2 Å².